The average molecular weight is 346 g/mol. The monoisotopic (exact) mass is 345 g/mol. The van der Waals surface area contributed by atoms with Crippen molar-refractivity contribution in [3.05, 3.63) is 52.0 Å². The normalized spacial score (nSPS) is 12.5. The molecule has 0 aliphatic rings. The molecule has 0 aliphatic heterocycles. The van der Waals surface area contributed by atoms with Crippen molar-refractivity contribution in [3.8, 4) is 16.9 Å². The minimum absolute atomic E-state index is 0.0926. The number of hydrogen-bond acceptors (Lipinski definition) is 2. The molecule has 130 valence electrons. The molecule has 0 unspecified atom stereocenters. The van der Waals surface area contributed by atoms with Gasteiger partial charge in [0.15, 0.2) is 0 Å². The summed E-state index contributed by atoms with van der Waals surface area (Å²) in [5.74, 6) is 0.289. The van der Waals surface area contributed by atoms with E-state index < -0.39 is 0 Å². The topological polar surface area (TPSA) is 46.2 Å². The van der Waals surface area contributed by atoms with Gasteiger partial charge in [0, 0.05) is 22.7 Å². The van der Waals surface area contributed by atoms with Gasteiger partial charge in [-0.15, -0.1) is 0 Å². The van der Waals surface area contributed by atoms with Gasteiger partial charge in [-0.3, -0.25) is 0 Å². The molecule has 2 aromatic carbocycles. The van der Waals surface area contributed by atoms with E-state index in [1.165, 1.54) is 0 Å². The van der Waals surface area contributed by atoms with Gasteiger partial charge < -0.3 is 10.8 Å². The summed E-state index contributed by atoms with van der Waals surface area (Å²) in [6.07, 6.45) is 0. The summed E-state index contributed by atoms with van der Waals surface area (Å²) in [5.41, 5.74) is 10.6. The molecule has 0 aliphatic carbocycles. The molecular weight excluding hydrogens is 318 g/mol. The van der Waals surface area contributed by atoms with Gasteiger partial charge in [-0.05, 0) is 39.7 Å². The summed E-state index contributed by atoms with van der Waals surface area (Å²) in [6, 6.07) is 9.81. The number of hydrogen-bond donors (Lipinski definition) is 2. The van der Waals surface area contributed by atoms with E-state index in [9.17, 15) is 5.11 Å². The summed E-state index contributed by atoms with van der Waals surface area (Å²) in [5, 5.41) is 11.8. The fourth-order valence-electron chi connectivity index (χ4n) is 3.09. The molecule has 0 radical (unpaired) electrons. The summed E-state index contributed by atoms with van der Waals surface area (Å²) in [7, 11) is 0. The van der Waals surface area contributed by atoms with E-state index in [1.807, 2.05) is 24.3 Å². The maximum Gasteiger partial charge on any atom is 0.128 e. The Bertz CT molecular complexity index is 734. The number of aromatic hydroxyl groups is 1. The zero-order valence-electron chi connectivity index (χ0n) is 15.5. The molecule has 0 amide bonds. The quantitative estimate of drug-likeness (QED) is 0.726. The number of halogens is 1. The van der Waals surface area contributed by atoms with Crippen LogP contribution in [-0.2, 0) is 17.4 Å². The van der Waals surface area contributed by atoms with Crippen molar-refractivity contribution in [1.29, 1.82) is 0 Å². The number of rotatable bonds is 2. The largest absolute Gasteiger partial charge is 0.507 e. The second-order valence-electron chi connectivity index (χ2n) is 8.38. The van der Waals surface area contributed by atoms with Crippen LogP contribution in [0.3, 0.4) is 0 Å². The highest BCUT2D eigenvalue weighted by molar-refractivity contribution is 6.30. The van der Waals surface area contributed by atoms with Crippen molar-refractivity contribution in [2.75, 3.05) is 0 Å². The van der Waals surface area contributed by atoms with Crippen molar-refractivity contribution >= 4 is 11.6 Å². The highest BCUT2D eigenvalue weighted by atomic mass is 35.5. The molecule has 0 aromatic heterocycles. The number of benzene rings is 2. The molecular formula is C21H28ClNO. The van der Waals surface area contributed by atoms with Crippen molar-refractivity contribution in [2.45, 2.75) is 58.9 Å². The fraction of sp³-hybridized carbons (Fsp3) is 0.429. The molecule has 0 heterocycles. The van der Waals surface area contributed by atoms with Gasteiger partial charge in [0.1, 0.15) is 5.75 Å². The van der Waals surface area contributed by atoms with Gasteiger partial charge in [-0.1, -0.05) is 71.3 Å². The van der Waals surface area contributed by atoms with Gasteiger partial charge in [0.05, 0.1) is 0 Å². The van der Waals surface area contributed by atoms with E-state index in [0.717, 1.165) is 27.8 Å². The van der Waals surface area contributed by atoms with Crippen molar-refractivity contribution in [3.63, 3.8) is 0 Å². The summed E-state index contributed by atoms with van der Waals surface area (Å²) in [6.45, 7) is 13.2. The molecule has 2 aromatic rings. The number of phenols is 1. The van der Waals surface area contributed by atoms with Gasteiger partial charge in [-0.25, -0.2) is 0 Å². The second-order valence-corrected chi connectivity index (χ2v) is 8.82. The zero-order valence-corrected chi connectivity index (χ0v) is 16.3. The average Bonchev–Trinajstić information content (AvgIpc) is 2.45. The third-order valence-electron chi connectivity index (χ3n) is 4.36. The maximum atomic E-state index is 11.1. The second kappa shape index (κ2) is 6.42. The highest BCUT2D eigenvalue weighted by Gasteiger charge is 2.29. The smallest absolute Gasteiger partial charge is 0.128 e. The van der Waals surface area contributed by atoms with E-state index >= 15 is 0 Å². The molecule has 0 spiro atoms. The van der Waals surface area contributed by atoms with Crippen molar-refractivity contribution < 1.29 is 5.11 Å². The lowest BCUT2D eigenvalue weighted by Crippen LogP contribution is -2.21. The van der Waals surface area contributed by atoms with Crippen LogP contribution < -0.4 is 5.73 Å². The molecule has 0 saturated carbocycles. The first-order valence-electron chi connectivity index (χ1n) is 8.32. The lowest BCUT2D eigenvalue weighted by molar-refractivity contribution is 0.459. The first-order chi connectivity index (χ1) is 11.0. The third-order valence-corrected chi connectivity index (χ3v) is 4.61. The number of nitrogens with two attached hydrogens (primary N) is 1. The molecule has 0 saturated heterocycles. The Morgan fingerprint density at radius 3 is 1.83 bits per heavy atom. The van der Waals surface area contributed by atoms with Crippen LogP contribution in [-0.4, -0.2) is 5.11 Å². The van der Waals surface area contributed by atoms with Crippen LogP contribution in [0.1, 0.15) is 58.2 Å². The van der Waals surface area contributed by atoms with E-state index in [1.54, 1.807) is 0 Å². The van der Waals surface area contributed by atoms with Gasteiger partial charge in [-0.2, -0.15) is 0 Å². The van der Waals surface area contributed by atoms with Crippen LogP contribution in [0, 0.1) is 0 Å². The predicted octanol–water partition coefficient (Wildman–Crippen LogP) is 5.77. The Morgan fingerprint density at radius 1 is 0.917 bits per heavy atom. The molecule has 24 heavy (non-hydrogen) atoms. The van der Waals surface area contributed by atoms with E-state index in [2.05, 4.69) is 47.6 Å². The highest BCUT2D eigenvalue weighted by Crippen LogP contribution is 2.45. The van der Waals surface area contributed by atoms with E-state index in [0.29, 0.717) is 11.6 Å². The van der Waals surface area contributed by atoms with Crippen LogP contribution in [0.15, 0.2) is 30.3 Å². The van der Waals surface area contributed by atoms with Crippen LogP contribution in [0.5, 0.6) is 5.75 Å². The molecule has 3 heteroatoms. The van der Waals surface area contributed by atoms with Crippen LogP contribution in [0.2, 0.25) is 5.02 Å². The Hall–Kier alpha value is -1.51. The number of phenolic OH excluding ortho intramolecular Hbond substituents is 1. The third kappa shape index (κ3) is 3.60. The first kappa shape index (κ1) is 18.8. The summed E-state index contributed by atoms with van der Waals surface area (Å²) < 4.78 is 0. The molecule has 0 bridgehead atoms. The Balaban J connectivity index is 2.90. The summed E-state index contributed by atoms with van der Waals surface area (Å²) in [4.78, 5) is 0. The fourth-order valence-corrected chi connectivity index (χ4v) is 3.21. The summed E-state index contributed by atoms with van der Waals surface area (Å²) >= 11 is 6.03. The SMILES string of the molecule is CC(C)(C)c1cc(C(C)(C)C)c(-c2ccc(Cl)cc2)c(O)c1CN. The minimum Gasteiger partial charge on any atom is -0.507 e. The molecule has 2 nitrogen and oxygen atoms in total. The lowest BCUT2D eigenvalue weighted by atomic mass is 9.74. The Morgan fingerprint density at radius 2 is 1.42 bits per heavy atom. The zero-order chi connectivity index (χ0) is 18.3. The molecule has 3 N–H and O–H groups in total. The van der Waals surface area contributed by atoms with Gasteiger partial charge in [0.2, 0.25) is 0 Å². The van der Waals surface area contributed by atoms with Gasteiger partial charge in [0.25, 0.3) is 0 Å². The minimum atomic E-state index is -0.112. The van der Waals surface area contributed by atoms with Gasteiger partial charge >= 0.3 is 0 Å². The lowest BCUT2D eigenvalue weighted by Gasteiger charge is -2.31. The maximum absolute atomic E-state index is 11.1. The van der Waals surface area contributed by atoms with Crippen molar-refractivity contribution in [1.82, 2.24) is 0 Å². The predicted molar refractivity (Wildman–Crippen MR) is 104 cm³/mol. The first-order valence-corrected chi connectivity index (χ1v) is 8.70. The van der Waals surface area contributed by atoms with Crippen LogP contribution >= 0.6 is 11.6 Å². The molecule has 0 fully saturated rings. The van der Waals surface area contributed by atoms with Crippen LogP contribution in [0.4, 0.5) is 0 Å². The Kier molecular flexibility index (Phi) is 5.03. The molecule has 0 atom stereocenters. The van der Waals surface area contributed by atoms with Crippen molar-refractivity contribution in [2.24, 2.45) is 5.73 Å². The van der Waals surface area contributed by atoms with E-state index in [4.69, 9.17) is 17.3 Å². The Labute approximate surface area is 150 Å². The molecule has 2 rings (SSSR count). The van der Waals surface area contributed by atoms with E-state index in [-0.39, 0.29) is 16.6 Å². The van der Waals surface area contributed by atoms with Crippen LogP contribution in [0.25, 0.3) is 11.1 Å². The standard InChI is InChI=1S/C21H28ClNO/c1-20(2,3)16-11-17(21(4,5)6)18(19(24)15(16)12-23)13-7-9-14(22)10-8-13/h7-11,24H,12,23H2,1-6H3.